The van der Waals surface area contributed by atoms with Crippen LogP contribution in [-0.2, 0) is 0 Å². The predicted molar refractivity (Wildman–Crippen MR) is 47.7 cm³/mol. The normalized spacial score (nSPS) is 10.2. The molecule has 0 aliphatic heterocycles. The zero-order valence-corrected chi connectivity index (χ0v) is 7.11. The molecule has 1 rings (SSSR count). The molecule has 1 aromatic carbocycles. The summed E-state index contributed by atoms with van der Waals surface area (Å²) in [6, 6.07) is 4.56. The Balaban J connectivity index is 3.21. The minimum Gasteiger partial charge on any atom is -0.508 e. The lowest BCUT2D eigenvalue weighted by atomic mass is 10.0. The SMILES string of the molecule is CC(C)c1cc(O)ccc1N=O. The van der Waals surface area contributed by atoms with Crippen molar-refractivity contribution < 1.29 is 5.11 Å². The number of phenols is 1. The molecule has 0 spiro atoms. The highest BCUT2D eigenvalue weighted by molar-refractivity contribution is 5.50. The molecule has 0 fully saturated rings. The predicted octanol–water partition coefficient (Wildman–Crippen LogP) is 2.91. The second-order valence-electron chi connectivity index (χ2n) is 2.99. The van der Waals surface area contributed by atoms with Gasteiger partial charge in [-0.3, -0.25) is 0 Å². The van der Waals surface area contributed by atoms with E-state index in [1.165, 1.54) is 12.1 Å². The summed E-state index contributed by atoms with van der Waals surface area (Å²) in [5, 5.41) is 12.0. The van der Waals surface area contributed by atoms with Crippen LogP contribution in [0.4, 0.5) is 5.69 Å². The molecule has 0 amide bonds. The number of aromatic hydroxyl groups is 1. The minimum atomic E-state index is 0.172. The summed E-state index contributed by atoms with van der Waals surface area (Å²) in [4.78, 5) is 10.3. The third-order valence-electron chi connectivity index (χ3n) is 1.73. The molecule has 0 bridgehead atoms. The molecule has 0 aliphatic rings. The third kappa shape index (κ3) is 1.61. The molecule has 0 heterocycles. The minimum absolute atomic E-state index is 0.172. The maximum Gasteiger partial charge on any atom is 0.116 e. The first-order chi connectivity index (χ1) is 5.65. The van der Waals surface area contributed by atoms with Gasteiger partial charge >= 0.3 is 0 Å². The number of rotatable bonds is 2. The zero-order chi connectivity index (χ0) is 9.14. The lowest BCUT2D eigenvalue weighted by Gasteiger charge is -2.06. The van der Waals surface area contributed by atoms with E-state index in [1.807, 2.05) is 13.8 Å². The van der Waals surface area contributed by atoms with Crippen LogP contribution in [0.15, 0.2) is 23.4 Å². The van der Waals surface area contributed by atoms with E-state index >= 15 is 0 Å². The molecule has 12 heavy (non-hydrogen) atoms. The van der Waals surface area contributed by atoms with Crippen LogP contribution >= 0.6 is 0 Å². The van der Waals surface area contributed by atoms with Gasteiger partial charge in [0.25, 0.3) is 0 Å². The molecular weight excluding hydrogens is 154 g/mol. The van der Waals surface area contributed by atoms with Crippen molar-refractivity contribution in [2.45, 2.75) is 19.8 Å². The topological polar surface area (TPSA) is 49.7 Å². The Bertz CT molecular complexity index is 295. The highest BCUT2D eigenvalue weighted by Gasteiger charge is 2.07. The van der Waals surface area contributed by atoms with Gasteiger partial charge in [0.2, 0.25) is 0 Å². The standard InChI is InChI=1S/C9H11NO2/c1-6(2)8-5-7(11)3-4-9(8)10-12/h3-6,11H,1-2H3. The van der Waals surface area contributed by atoms with Crippen molar-refractivity contribution in [1.82, 2.24) is 0 Å². The molecule has 3 nitrogen and oxygen atoms in total. The van der Waals surface area contributed by atoms with Gasteiger partial charge < -0.3 is 5.11 Å². The molecule has 0 aliphatic carbocycles. The Morgan fingerprint density at radius 2 is 2.08 bits per heavy atom. The molecule has 0 atom stereocenters. The number of hydrogen-bond acceptors (Lipinski definition) is 3. The summed E-state index contributed by atoms with van der Waals surface area (Å²) in [5.74, 6) is 0.371. The quantitative estimate of drug-likeness (QED) is 0.685. The average molecular weight is 165 g/mol. The van der Waals surface area contributed by atoms with Gasteiger partial charge in [-0.05, 0) is 34.9 Å². The molecule has 0 saturated carbocycles. The monoisotopic (exact) mass is 165 g/mol. The van der Waals surface area contributed by atoms with Gasteiger partial charge in [-0.15, -0.1) is 4.91 Å². The zero-order valence-electron chi connectivity index (χ0n) is 7.11. The fraction of sp³-hybridized carbons (Fsp3) is 0.333. The molecule has 3 heteroatoms. The maximum atomic E-state index is 10.3. The van der Waals surface area contributed by atoms with Crippen molar-refractivity contribution in [2.24, 2.45) is 5.18 Å². The van der Waals surface area contributed by atoms with Crippen molar-refractivity contribution in [3.63, 3.8) is 0 Å². The number of benzene rings is 1. The van der Waals surface area contributed by atoms with Gasteiger partial charge in [-0.2, -0.15) is 0 Å². The fourth-order valence-electron chi connectivity index (χ4n) is 1.09. The number of nitrogens with zero attached hydrogens (tertiary/aromatic N) is 1. The summed E-state index contributed by atoms with van der Waals surface area (Å²) in [7, 11) is 0. The summed E-state index contributed by atoms with van der Waals surface area (Å²) in [6.07, 6.45) is 0. The van der Waals surface area contributed by atoms with E-state index in [-0.39, 0.29) is 11.7 Å². The van der Waals surface area contributed by atoms with Crippen LogP contribution in [0.1, 0.15) is 25.3 Å². The van der Waals surface area contributed by atoms with Crippen molar-refractivity contribution in [3.05, 3.63) is 28.7 Å². The first-order valence-electron chi connectivity index (χ1n) is 3.81. The summed E-state index contributed by atoms with van der Waals surface area (Å²) in [6.45, 7) is 3.90. The Labute approximate surface area is 71.0 Å². The molecule has 64 valence electrons. The smallest absolute Gasteiger partial charge is 0.116 e. The number of nitroso groups, excluding NO2 is 1. The second-order valence-corrected chi connectivity index (χ2v) is 2.99. The Morgan fingerprint density at radius 3 is 2.58 bits per heavy atom. The lowest BCUT2D eigenvalue weighted by molar-refractivity contribution is 0.474. The molecule has 0 aromatic heterocycles. The molecule has 0 radical (unpaired) electrons. The van der Waals surface area contributed by atoms with Crippen molar-refractivity contribution >= 4 is 5.69 Å². The second kappa shape index (κ2) is 3.34. The molecular formula is C9H11NO2. The maximum absolute atomic E-state index is 10.3. The van der Waals surface area contributed by atoms with Gasteiger partial charge in [0, 0.05) is 0 Å². The van der Waals surface area contributed by atoms with Crippen molar-refractivity contribution in [2.75, 3.05) is 0 Å². The van der Waals surface area contributed by atoms with E-state index < -0.39 is 0 Å². The highest BCUT2D eigenvalue weighted by Crippen LogP contribution is 2.29. The van der Waals surface area contributed by atoms with Crippen LogP contribution in [0.25, 0.3) is 0 Å². The van der Waals surface area contributed by atoms with Crippen LogP contribution < -0.4 is 0 Å². The van der Waals surface area contributed by atoms with Crippen LogP contribution in [0.3, 0.4) is 0 Å². The molecule has 0 unspecified atom stereocenters. The lowest BCUT2D eigenvalue weighted by Crippen LogP contribution is -1.86. The van der Waals surface area contributed by atoms with Crippen LogP contribution in [0.5, 0.6) is 5.75 Å². The van der Waals surface area contributed by atoms with Crippen LogP contribution in [0.2, 0.25) is 0 Å². The van der Waals surface area contributed by atoms with Crippen molar-refractivity contribution in [3.8, 4) is 5.75 Å². The Hall–Kier alpha value is -1.38. The van der Waals surface area contributed by atoms with E-state index in [4.69, 9.17) is 5.11 Å². The number of hydrogen-bond donors (Lipinski definition) is 1. The average Bonchev–Trinajstić information content (AvgIpc) is 2.04. The van der Waals surface area contributed by atoms with E-state index in [1.54, 1.807) is 6.07 Å². The molecule has 1 aromatic rings. The molecule has 1 N–H and O–H groups in total. The third-order valence-corrected chi connectivity index (χ3v) is 1.73. The van der Waals surface area contributed by atoms with E-state index in [0.29, 0.717) is 5.69 Å². The van der Waals surface area contributed by atoms with Crippen LogP contribution in [0, 0.1) is 4.91 Å². The summed E-state index contributed by atoms with van der Waals surface area (Å²) >= 11 is 0. The first-order valence-corrected chi connectivity index (χ1v) is 3.81. The van der Waals surface area contributed by atoms with Gasteiger partial charge in [-0.1, -0.05) is 13.8 Å². The largest absolute Gasteiger partial charge is 0.508 e. The first kappa shape index (κ1) is 8.71. The van der Waals surface area contributed by atoms with Gasteiger partial charge in [-0.25, -0.2) is 0 Å². The highest BCUT2D eigenvalue weighted by atomic mass is 16.3. The van der Waals surface area contributed by atoms with E-state index in [0.717, 1.165) is 5.56 Å². The molecule has 0 saturated heterocycles. The van der Waals surface area contributed by atoms with Gasteiger partial charge in [0.1, 0.15) is 11.4 Å². The summed E-state index contributed by atoms with van der Waals surface area (Å²) < 4.78 is 0. The van der Waals surface area contributed by atoms with Gasteiger partial charge in [0.15, 0.2) is 0 Å². The van der Waals surface area contributed by atoms with Crippen molar-refractivity contribution in [1.29, 1.82) is 0 Å². The van der Waals surface area contributed by atoms with Crippen LogP contribution in [-0.4, -0.2) is 5.11 Å². The fourth-order valence-corrected chi connectivity index (χ4v) is 1.09. The summed E-state index contributed by atoms with van der Waals surface area (Å²) in [5.41, 5.74) is 1.19. The Morgan fingerprint density at radius 1 is 1.42 bits per heavy atom. The Kier molecular flexibility index (Phi) is 2.43. The van der Waals surface area contributed by atoms with Gasteiger partial charge in [0.05, 0.1) is 0 Å². The van der Waals surface area contributed by atoms with E-state index in [2.05, 4.69) is 5.18 Å². The number of phenolic OH excluding ortho intramolecular Hbond substituents is 1. The van der Waals surface area contributed by atoms with E-state index in [9.17, 15) is 4.91 Å².